The molecule has 2 aromatic carbocycles. The van der Waals surface area contributed by atoms with Crippen molar-refractivity contribution in [1.82, 2.24) is 0 Å². The van der Waals surface area contributed by atoms with Crippen LogP contribution in [0.1, 0.15) is 12.5 Å². The summed E-state index contributed by atoms with van der Waals surface area (Å²) in [5, 5.41) is 10.6. The average molecular weight is 429 g/mol. The number of hydrogen-bond donors (Lipinski definition) is 0. The van der Waals surface area contributed by atoms with Crippen LogP contribution in [0, 0.1) is 0 Å². The Labute approximate surface area is 185 Å². The van der Waals surface area contributed by atoms with Crippen molar-refractivity contribution in [1.29, 1.82) is 0 Å². The van der Waals surface area contributed by atoms with E-state index in [-0.39, 0.29) is 51.8 Å². The van der Waals surface area contributed by atoms with Crippen LogP contribution in [-0.4, -0.2) is 18.3 Å². The Morgan fingerprint density at radius 1 is 1.19 bits per heavy atom. The number of ether oxygens (including phenoxy) is 2. The van der Waals surface area contributed by atoms with Crippen LogP contribution < -0.4 is 44.1 Å². The van der Waals surface area contributed by atoms with Crippen molar-refractivity contribution >= 4 is 29.3 Å². The summed E-state index contributed by atoms with van der Waals surface area (Å²) in [7, 11) is 0. The SMILES string of the molecule is CSc1ccc(Oc2ccc(C(F)(F)F)cc2Cl)cc1OC(C)C(=O)[O-].[Na+]. The minimum absolute atomic E-state index is 0. The predicted octanol–water partition coefficient (Wildman–Crippen LogP) is 1.39. The Bertz CT molecular complexity index is 817. The third kappa shape index (κ3) is 6.50. The van der Waals surface area contributed by atoms with Crippen LogP contribution in [0.4, 0.5) is 13.2 Å². The van der Waals surface area contributed by atoms with E-state index in [1.807, 2.05) is 0 Å². The van der Waals surface area contributed by atoms with E-state index >= 15 is 0 Å². The molecule has 0 bridgehead atoms. The molecule has 0 aliphatic rings. The number of rotatable bonds is 6. The normalized spacial score (nSPS) is 12.1. The molecule has 0 fully saturated rings. The third-order valence-electron chi connectivity index (χ3n) is 3.26. The number of aliphatic carboxylic acids is 1. The maximum atomic E-state index is 12.7. The van der Waals surface area contributed by atoms with Crippen LogP contribution in [0.3, 0.4) is 0 Å². The number of halogens is 4. The first-order valence-electron chi connectivity index (χ1n) is 7.22. The number of carbonyl (C=O) groups excluding carboxylic acids is 1. The van der Waals surface area contributed by atoms with E-state index in [4.69, 9.17) is 21.1 Å². The summed E-state index contributed by atoms with van der Waals surface area (Å²) in [4.78, 5) is 11.5. The Kier molecular flexibility index (Phi) is 8.82. The van der Waals surface area contributed by atoms with Gasteiger partial charge in [-0.25, -0.2) is 0 Å². The van der Waals surface area contributed by atoms with Gasteiger partial charge in [0, 0.05) is 11.0 Å². The summed E-state index contributed by atoms with van der Waals surface area (Å²) in [5.41, 5.74) is -0.889. The number of alkyl halides is 3. The van der Waals surface area contributed by atoms with Crippen molar-refractivity contribution in [2.75, 3.05) is 6.26 Å². The van der Waals surface area contributed by atoms with Crippen molar-refractivity contribution in [3.8, 4) is 17.2 Å². The zero-order chi connectivity index (χ0) is 19.5. The molecule has 0 aromatic heterocycles. The number of carboxylic acids is 1. The molecule has 2 aromatic rings. The molecule has 0 saturated heterocycles. The molecular formula is C17H13ClF3NaO4S. The molecule has 0 saturated carbocycles. The molecule has 4 nitrogen and oxygen atoms in total. The maximum Gasteiger partial charge on any atom is 1.00 e. The zero-order valence-electron chi connectivity index (χ0n) is 14.6. The van der Waals surface area contributed by atoms with Gasteiger partial charge >= 0.3 is 35.7 Å². The summed E-state index contributed by atoms with van der Waals surface area (Å²) in [5.74, 6) is -0.885. The minimum atomic E-state index is -4.51. The van der Waals surface area contributed by atoms with Crippen molar-refractivity contribution in [2.24, 2.45) is 0 Å². The van der Waals surface area contributed by atoms with Crippen LogP contribution in [0.25, 0.3) is 0 Å². The van der Waals surface area contributed by atoms with E-state index in [2.05, 4.69) is 0 Å². The van der Waals surface area contributed by atoms with Crippen LogP contribution in [-0.2, 0) is 11.0 Å². The molecule has 2 rings (SSSR count). The van der Waals surface area contributed by atoms with Gasteiger partial charge in [-0.3, -0.25) is 0 Å². The fraction of sp³-hybridized carbons (Fsp3) is 0.235. The molecule has 1 unspecified atom stereocenters. The number of carbonyl (C=O) groups is 1. The fourth-order valence-corrected chi connectivity index (χ4v) is 2.67. The smallest absolute Gasteiger partial charge is 0.546 e. The van der Waals surface area contributed by atoms with E-state index in [9.17, 15) is 23.1 Å². The first-order chi connectivity index (χ1) is 12.1. The first-order valence-corrected chi connectivity index (χ1v) is 8.82. The largest absolute Gasteiger partial charge is 1.00 e. The number of hydrogen-bond acceptors (Lipinski definition) is 5. The molecule has 0 radical (unpaired) electrons. The van der Waals surface area contributed by atoms with Crippen LogP contribution in [0.15, 0.2) is 41.3 Å². The maximum absolute atomic E-state index is 12.7. The third-order valence-corrected chi connectivity index (χ3v) is 4.33. The van der Waals surface area contributed by atoms with Crippen molar-refractivity contribution in [3.05, 3.63) is 47.0 Å². The van der Waals surface area contributed by atoms with Crippen molar-refractivity contribution in [2.45, 2.75) is 24.1 Å². The van der Waals surface area contributed by atoms with Crippen LogP contribution in [0.2, 0.25) is 5.02 Å². The second-order valence-electron chi connectivity index (χ2n) is 5.14. The van der Waals surface area contributed by atoms with Gasteiger partial charge in [0.1, 0.15) is 23.4 Å². The number of thioether (sulfide) groups is 1. The van der Waals surface area contributed by atoms with Gasteiger partial charge in [-0.2, -0.15) is 13.2 Å². The van der Waals surface area contributed by atoms with Crippen molar-refractivity contribution in [3.63, 3.8) is 0 Å². The Morgan fingerprint density at radius 3 is 2.37 bits per heavy atom. The molecule has 0 N–H and O–H groups in total. The predicted molar refractivity (Wildman–Crippen MR) is 89.8 cm³/mol. The molecule has 1 atom stereocenters. The van der Waals surface area contributed by atoms with E-state index in [0.717, 1.165) is 18.2 Å². The van der Waals surface area contributed by atoms with Gasteiger partial charge in [0.25, 0.3) is 0 Å². The van der Waals surface area contributed by atoms with Crippen LogP contribution >= 0.6 is 23.4 Å². The Balaban J connectivity index is 0.00000364. The quantitative estimate of drug-likeness (QED) is 0.514. The van der Waals surface area contributed by atoms with Gasteiger partial charge in [-0.1, -0.05) is 11.6 Å². The Hall–Kier alpha value is -1.06. The van der Waals surface area contributed by atoms with Gasteiger partial charge in [-0.05, 0) is 43.5 Å². The summed E-state index contributed by atoms with van der Waals surface area (Å²) >= 11 is 7.19. The Morgan fingerprint density at radius 2 is 1.85 bits per heavy atom. The summed E-state index contributed by atoms with van der Waals surface area (Å²) in [6.07, 6.45) is -3.92. The van der Waals surface area contributed by atoms with Crippen molar-refractivity contribution < 1.29 is 62.1 Å². The van der Waals surface area contributed by atoms with Gasteiger partial charge < -0.3 is 19.4 Å². The monoisotopic (exact) mass is 428 g/mol. The molecule has 140 valence electrons. The molecule has 0 spiro atoms. The molecule has 0 aliphatic heterocycles. The summed E-state index contributed by atoms with van der Waals surface area (Å²) in [6, 6.07) is 7.36. The van der Waals surface area contributed by atoms with E-state index in [0.29, 0.717) is 4.90 Å². The molecule has 10 heteroatoms. The zero-order valence-corrected chi connectivity index (χ0v) is 18.2. The van der Waals surface area contributed by atoms with Gasteiger partial charge in [0.15, 0.2) is 0 Å². The van der Waals surface area contributed by atoms with Gasteiger partial charge in [-0.15, -0.1) is 11.8 Å². The summed E-state index contributed by atoms with van der Waals surface area (Å²) < 4.78 is 48.9. The molecule has 0 amide bonds. The standard InChI is InChI=1S/C17H14ClF3O4S.Na/c1-9(16(22)23)24-14-8-11(4-6-15(14)26-2)25-13-5-3-10(7-12(13)18)17(19,20)21;/h3-9H,1-2H3,(H,22,23);/q;+1/p-1. The average Bonchev–Trinajstić information content (AvgIpc) is 2.56. The van der Waals surface area contributed by atoms with Gasteiger partial charge in [0.05, 0.1) is 16.6 Å². The molecule has 0 heterocycles. The molecule has 27 heavy (non-hydrogen) atoms. The fourth-order valence-electron chi connectivity index (χ4n) is 1.94. The van der Waals surface area contributed by atoms with Gasteiger partial charge in [0.2, 0.25) is 0 Å². The number of carboxylic acid groups (broad SMARTS) is 1. The summed E-state index contributed by atoms with van der Waals surface area (Å²) in [6.45, 7) is 1.32. The van der Waals surface area contributed by atoms with E-state index in [1.165, 1.54) is 24.8 Å². The molecular weight excluding hydrogens is 416 g/mol. The second kappa shape index (κ2) is 9.93. The minimum Gasteiger partial charge on any atom is -0.546 e. The van der Waals surface area contributed by atoms with Crippen LogP contribution in [0.5, 0.6) is 17.2 Å². The molecule has 0 aliphatic carbocycles. The first kappa shape index (κ1) is 24.0. The topological polar surface area (TPSA) is 58.6 Å². The van der Waals surface area contributed by atoms with E-state index < -0.39 is 23.8 Å². The number of benzene rings is 2. The second-order valence-corrected chi connectivity index (χ2v) is 6.39. The van der Waals surface area contributed by atoms with E-state index in [1.54, 1.807) is 18.4 Å².